The number of aromatic nitrogens is 1. The van der Waals surface area contributed by atoms with Gasteiger partial charge in [-0.05, 0) is 31.9 Å². The van der Waals surface area contributed by atoms with E-state index in [2.05, 4.69) is 4.99 Å². The van der Waals surface area contributed by atoms with Crippen LogP contribution in [-0.2, 0) is 17.5 Å². The van der Waals surface area contributed by atoms with Crippen LogP contribution in [0.25, 0.3) is 0 Å². The molecule has 1 amide bonds. The maximum atomic E-state index is 14.3. The Morgan fingerprint density at radius 1 is 1.32 bits per heavy atom. The number of hydrogen-bond donors (Lipinski definition) is 0. The fraction of sp³-hybridized carbons (Fsp3) is 0.474. The van der Waals surface area contributed by atoms with Crippen LogP contribution in [0.3, 0.4) is 0 Å². The van der Waals surface area contributed by atoms with Crippen LogP contribution >= 0.6 is 11.3 Å². The van der Waals surface area contributed by atoms with Gasteiger partial charge in [-0.2, -0.15) is 18.2 Å². The molecule has 0 aliphatic heterocycles. The predicted molar refractivity (Wildman–Crippen MR) is 98.9 cm³/mol. The van der Waals surface area contributed by atoms with Gasteiger partial charge in [-0.1, -0.05) is 19.9 Å². The molecule has 0 atom stereocenters. The monoisotopic (exact) mass is 418 g/mol. The molecule has 9 heteroatoms. The molecule has 1 heterocycles. The molecular weight excluding hydrogens is 396 g/mol. The third kappa shape index (κ3) is 4.88. The van der Waals surface area contributed by atoms with Crippen molar-refractivity contribution in [3.8, 4) is 0 Å². The summed E-state index contributed by atoms with van der Waals surface area (Å²) in [5, 5.41) is 0. The predicted octanol–water partition coefficient (Wildman–Crippen LogP) is 4.92. The van der Waals surface area contributed by atoms with Crippen LogP contribution in [0, 0.1) is 12.7 Å². The van der Waals surface area contributed by atoms with Gasteiger partial charge in [0, 0.05) is 23.7 Å². The van der Waals surface area contributed by atoms with E-state index in [1.165, 1.54) is 11.3 Å². The molecule has 4 nitrogen and oxygen atoms in total. The van der Waals surface area contributed by atoms with E-state index < -0.39 is 29.0 Å². The van der Waals surface area contributed by atoms with Crippen molar-refractivity contribution in [3.63, 3.8) is 0 Å². The SMILES string of the molecule is CCOCCn1c(C)c(C(C)C)s/c1=N\C(=O)c1cccc(C(F)(F)F)c1F. The van der Waals surface area contributed by atoms with Crippen molar-refractivity contribution in [3.05, 3.63) is 50.5 Å². The molecule has 1 aromatic carbocycles. The first kappa shape index (κ1) is 22.3. The quantitative estimate of drug-likeness (QED) is 0.494. The third-order valence-electron chi connectivity index (χ3n) is 4.11. The lowest BCUT2D eigenvalue weighted by atomic mass is 10.1. The molecule has 0 unspecified atom stereocenters. The van der Waals surface area contributed by atoms with E-state index in [9.17, 15) is 22.4 Å². The molecule has 0 aliphatic rings. The van der Waals surface area contributed by atoms with Crippen LogP contribution in [0.2, 0.25) is 0 Å². The topological polar surface area (TPSA) is 43.6 Å². The molecule has 0 fully saturated rings. The molecule has 0 radical (unpaired) electrons. The summed E-state index contributed by atoms with van der Waals surface area (Å²) in [6.45, 7) is 9.07. The standard InChI is InChI=1S/C19H22F4N2O2S/c1-5-27-10-9-25-12(4)16(11(2)3)28-18(25)24-17(26)13-7-6-8-14(15(13)20)19(21,22)23/h6-8,11H,5,9-10H2,1-4H3/b24-18-. The highest BCUT2D eigenvalue weighted by Crippen LogP contribution is 2.32. The molecular formula is C19H22F4N2O2S. The summed E-state index contributed by atoms with van der Waals surface area (Å²) in [6, 6.07) is 2.60. The van der Waals surface area contributed by atoms with E-state index in [0.717, 1.165) is 22.7 Å². The number of alkyl halides is 3. The number of amides is 1. The van der Waals surface area contributed by atoms with Gasteiger partial charge in [0.2, 0.25) is 0 Å². The number of carbonyl (C=O) groups excluding carboxylic acids is 1. The molecule has 0 N–H and O–H groups in total. The summed E-state index contributed by atoms with van der Waals surface area (Å²) in [5.74, 6) is -2.49. The Balaban J connectivity index is 2.52. The second-order valence-corrected chi connectivity index (χ2v) is 7.43. The normalized spacial score (nSPS) is 12.8. The van der Waals surface area contributed by atoms with E-state index in [-0.39, 0.29) is 5.92 Å². The molecule has 0 spiro atoms. The molecule has 0 saturated heterocycles. The number of nitrogens with zero attached hydrogens (tertiary/aromatic N) is 2. The highest BCUT2D eigenvalue weighted by molar-refractivity contribution is 7.09. The summed E-state index contributed by atoms with van der Waals surface area (Å²) >= 11 is 1.27. The minimum Gasteiger partial charge on any atom is -0.380 e. The lowest BCUT2D eigenvalue weighted by Crippen LogP contribution is -2.21. The fourth-order valence-electron chi connectivity index (χ4n) is 2.75. The Bertz CT molecular complexity index is 914. The van der Waals surface area contributed by atoms with Gasteiger partial charge in [-0.3, -0.25) is 4.79 Å². The number of benzene rings is 1. The molecule has 1 aromatic heterocycles. The van der Waals surface area contributed by atoms with Crippen LogP contribution in [0.4, 0.5) is 17.6 Å². The van der Waals surface area contributed by atoms with Gasteiger partial charge in [0.1, 0.15) is 5.82 Å². The van der Waals surface area contributed by atoms with Crippen molar-refractivity contribution >= 4 is 17.2 Å². The maximum Gasteiger partial charge on any atom is 0.419 e. The van der Waals surface area contributed by atoms with Crippen LogP contribution in [0.1, 0.15) is 53.2 Å². The summed E-state index contributed by atoms with van der Waals surface area (Å²) in [4.78, 5) is 17.7. The van der Waals surface area contributed by atoms with Gasteiger partial charge >= 0.3 is 6.18 Å². The number of thiazole rings is 1. The first-order valence-electron chi connectivity index (χ1n) is 8.80. The molecule has 0 bridgehead atoms. The van der Waals surface area contributed by atoms with E-state index in [1.807, 2.05) is 27.7 Å². The van der Waals surface area contributed by atoms with Gasteiger partial charge in [0.15, 0.2) is 4.80 Å². The van der Waals surface area contributed by atoms with E-state index in [0.29, 0.717) is 30.6 Å². The molecule has 2 aromatic rings. The van der Waals surface area contributed by atoms with Gasteiger partial charge in [-0.25, -0.2) is 4.39 Å². The van der Waals surface area contributed by atoms with Crippen molar-refractivity contribution in [2.45, 2.75) is 46.3 Å². The van der Waals surface area contributed by atoms with Crippen LogP contribution in [-0.4, -0.2) is 23.7 Å². The number of halogens is 4. The van der Waals surface area contributed by atoms with Crippen molar-refractivity contribution in [2.24, 2.45) is 4.99 Å². The van der Waals surface area contributed by atoms with Crippen molar-refractivity contribution in [1.82, 2.24) is 4.57 Å². The van der Waals surface area contributed by atoms with Crippen molar-refractivity contribution in [1.29, 1.82) is 0 Å². The Hall–Kier alpha value is -2.00. The average molecular weight is 418 g/mol. The Labute approximate surface area is 164 Å². The van der Waals surface area contributed by atoms with Crippen LogP contribution < -0.4 is 4.80 Å². The first-order valence-corrected chi connectivity index (χ1v) is 9.62. The lowest BCUT2D eigenvalue weighted by molar-refractivity contribution is -0.140. The van der Waals surface area contributed by atoms with E-state index in [1.54, 1.807) is 4.57 Å². The molecule has 0 saturated carbocycles. The minimum absolute atomic E-state index is 0.174. The molecule has 0 aliphatic carbocycles. The van der Waals surface area contributed by atoms with Crippen molar-refractivity contribution < 1.29 is 27.1 Å². The summed E-state index contributed by atoms with van der Waals surface area (Å²) in [7, 11) is 0. The summed E-state index contributed by atoms with van der Waals surface area (Å²) < 4.78 is 60.1. The zero-order chi connectivity index (χ0) is 21.1. The zero-order valence-corrected chi connectivity index (χ0v) is 16.9. The van der Waals surface area contributed by atoms with Gasteiger partial charge in [0.05, 0.1) is 17.7 Å². The number of rotatable bonds is 6. The first-order chi connectivity index (χ1) is 13.1. The van der Waals surface area contributed by atoms with Crippen molar-refractivity contribution in [2.75, 3.05) is 13.2 Å². The summed E-state index contributed by atoms with van der Waals surface area (Å²) in [5.41, 5.74) is -1.29. The van der Waals surface area contributed by atoms with Gasteiger partial charge < -0.3 is 9.30 Å². The average Bonchev–Trinajstić information content (AvgIpc) is 2.90. The number of hydrogen-bond acceptors (Lipinski definition) is 3. The third-order valence-corrected chi connectivity index (χ3v) is 5.59. The highest BCUT2D eigenvalue weighted by atomic mass is 32.1. The van der Waals surface area contributed by atoms with Crippen LogP contribution in [0.15, 0.2) is 23.2 Å². The maximum absolute atomic E-state index is 14.3. The van der Waals surface area contributed by atoms with E-state index >= 15 is 0 Å². The molecule has 154 valence electrons. The second kappa shape index (κ2) is 9.00. The van der Waals surface area contributed by atoms with Gasteiger partial charge in [-0.15, -0.1) is 11.3 Å². The van der Waals surface area contributed by atoms with E-state index in [4.69, 9.17) is 4.74 Å². The van der Waals surface area contributed by atoms with Crippen LogP contribution in [0.5, 0.6) is 0 Å². The highest BCUT2D eigenvalue weighted by Gasteiger charge is 2.35. The Kier molecular flexibility index (Phi) is 7.16. The smallest absolute Gasteiger partial charge is 0.380 e. The van der Waals surface area contributed by atoms with Gasteiger partial charge in [0.25, 0.3) is 5.91 Å². The minimum atomic E-state index is -4.89. The Morgan fingerprint density at radius 3 is 2.57 bits per heavy atom. The Morgan fingerprint density at radius 2 is 2.00 bits per heavy atom. The zero-order valence-electron chi connectivity index (χ0n) is 16.1. The second-order valence-electron chi connectivity index (χ2n) is 6.42. The number of carbonyl (C=O) groups is 1. The molecule has 2 rings (SSSR count). The lowest BCUT2D eigenvalue weighted by Gasteiger charge is -2.09. The largest absolute Gasteiger partial charge is 0.419 e. The number of ether oxygens (including phenoxy) is 1. The summed E-state index contributed by atoms with van der Waals surface area (Å²) in [6.07, 6.45) is -4.89. The molecule has 28 heavy (non-hydrogen) atoms. The fourth-order valence-corrected chi connectivity index (χ4v) is 3.91.